The number of hydrogen-bond donors (Lipinski definition) is 1. The van der Waals surface area contributed by atoms with Gasteiger partial charge in [0.15, 0.2) is 0 Å². The lowest BCUT2D eigenvalue weighted by atomic mass is 10.0. The van der Waals surface area contributed by atoms with Crippen molar-refractivity contribution >= 4 is 6.21 Å². The van der Waals surface area contributed by atoms with Crippen LogP contribution in [0.3, 0.4) is 0 Å². The van der Waals surface area contributed by atoms with Gasteiger partial charge in [-0.25, -0.2) is 0 Å². The summed E-state index contributed by atoms with van der Waals surface area (Å²) in [4.78, 5) is 4.30. The van der Waals surface area contributed by atoms with Gasteiger partial charge in [0.2, 0.25) is 0 Å². The van der Waals surface area contributed by atoms with E-state index in [-0.39, 0.29) is 0 Å². The maximum Gasteiger partial charge on any atom is 0.100 e. The zero-order chi connectivity index (χ0) is 11.4. The van der Waals surface area contributed by atoms with Crippen molar-refractivity contribution < 1.29 is 5.11 Å². The molecule has 0 radical (unpaired) electrons. The topological polar surface area (TPSA) is 32.6 Å². The lowest BCUT2D eigenvalue weighted by Crippen LogP contribution is -2.17. The number of benzene rings is 1. The van der Waals surface area contributed by atoms with Crippen LogP contribution in [-0.2, 0) is 6.42 Å². The minimum atomic E-state index is -0.902. The minimum Gasteiger partial charge on any atom is -0.382 e. The predicted molar refractivity (Wildman–Crippen MR) is 66.5 cm³/mol. The fourth-order valence-corrected chi connectivity index (χ4v) is 1.70. The smallest absolute Gasteiger partial charge is 0.100 e. The average molecular weight is 213 g/mol. The molecule has 1 aromatic carbocycles. The Morgan fingerprint density at radius 3 is 2.75 bits per heavy atom. The minimum absolute atomic E-state index is 0.745. The van der Waals surface area contributed by atoms with Gasteiger partial charge >= 0.3 is 0 Å². The van der Waals surface area contributed by atoms with Crippen LogP contribution in [0, 0.1) is 0 Å². The SMILES string of the molecule is CC1(O)C=CC=NC(Cc2ccccc2)=C1. The van der Waals surface area contributed by atoms with Crippen molar-refractivity contribution in [2.45, 2.75) is 18.9 Å². The molecule has 0 amide bonds. The summed E-state index contributed by atoms with van der Waals surface area (Å²) in [5.74, 6) is 0. The summed E-state index contributed by atoms with van der Waals surface area (Å²) in [6.45, 7) is 1.75. The summed E-state index contributed by atoms with van der Waals surface area (Å²) in [5, 5.41) is 9.96. The van der Waals surface area contributed by atoms with Gasteiger partial charge in [-0.1, -0.05) is 30.3 Å². The zero-order valence-electron chi connectivity index (χ0n) is 9.30. The van der Waals surface area contributed by atoms with Crippen molar-refractivity contribution in [3.05, 3.63) is 59.8 Å². The normalized spacial score (nSPS) is 24.0. The molecule has 0 bridgehead atoms. The lowest BCUT2D eigenvalue weighted by molar-refractivity contribution is 0.163. The van der Waals surface area contributed by atoms with Gasteiger partial charge in [0.05, 0.1) is 0 Å². The number of aliphatic imine (C=N–C) groups is 1. The molecule has 2 heteroatoms. The van der Waals surface area contributed by atoms with Crippen LogP contribution in [0.4, 0.5) is 0 Å². The summed E-state index contributed by atoms with van der Waals surface area (Å²) >= 11 is 0. The number of allylic oxidation sites excluding steroid dienone is 2. The van der Waals surface area contributed by atoms with E-state index in [1.807, 2.05) is 18.2 Å². The van der Waals surface area contributed by atoms with Crippen LogP contribution in [0.2, 0.25) is 0 Å². The second-order valence-corrected chi connectivity index (χ2v) is 4.16. The first-order valence-corrected chi connectivity index (χ1v) is 5.36. The Kier molecular flexibility index (Phi) is 3.02. The van der Waals surface area contributed by atoms with Crippen LogP contribution >= 0.6 is 0 Å². The first-order chi connectivity index (χ1) is 7.66. The van der Waals surface area contributed by atoms with Crippen LogP contribution in [0.15, 0.2) is 59.2 Å². The second-order valence-electron chi connectivity index (χ2n) is 4.16. The molecular formula is C14H15NO. The lowest BCUT2D eigenvalue weighted by Gasteiger charge is -2.13. The van der Waals surface area contributed by atoms with Crippen molar-refractivity contribution in [3.8, 4) is 0 Å². The highest BCUT2D eigenvalue weighted by Crippen LogP contribution is 2.17. The highest BCUT2D eigenvalue weighted by Gasteiger charge is 2.15. The van der Waals surface area contributed by atoms with E-state index in [4.69, 9.17) is 0 Å². The Hall–Kier alpha value is -1.67. The van der Waals surface area contributed by atoms with Crippen LogP contribution in [0.25, 0.3) is 0 Å². The summed E-state index contributed by atoms with van der Waals surface area (Å²) in [5.41, 5.74) is 1.19. The maximum absolute atomic E-state index is 9.96. The van der Waals surface area contributed by atoms with E-state index in [0.29, 0.717) is 0 Å². The van der Waals surface area contributed by atoms with E-state index in [1.54, 1.807) is 31.4 Å². The standard InChI is InChI=1S/C14H15NO/c1-14(16)8-5-9-15-13(11-14)10-12-6-3-2-4-7-12/h2-9,11,16H,10H2,1H3. The third kappa shape index (κ3) is 2.91. The van der Waals surface area contributed by atoms with E-state index >= 15 is 0 Å². The molecule has 0 saturated heterocycles. The van der Waals surface area contributed by atoms with Gasteiger partial charge in [0.1, 0.15) is 5.60 Å². The van der Waals surface area contributed by atoms with Gasteiger partial charge in [-0.2, -0.15) is 0 Å². The molecule has 1 atom stereocenters. The fourth-order valence-electron chi connectivity index (χ4n) is 1.70. The molecule has 1 unspecified atom stereocenters. The second kappa shape index (κ2) is 4.45. The van der Waals surface area contributed by atoms with Crippen LogP contribution in [-0.4, -0.2) is 16.9 Å². The van der Waals surface area contributed by atoms with Gasteiger partial charge in [0, 0.05) is 18.3 Å². The van der Waals surface area contributed by atoms with Crippen molar-refractivity contribution in [2.24, 2.45) is 4.99 Å². The Morgan fingerprint density at radius 2 is 2.00 bits per heavy atom. The number of nitrogens with zero attached hydrogens (tertiary/aromatic N) is 1. The summed E-state index contributed by atoms with van der Waals surface area (Å²) in [7, 11) is 0. The monoisotopic (exact) mass is 213 g/mol. The highest BCUT2D eigenvalue weighted by atomic mass is 16.3. The van der Waals surface area contributed by atoms with Crippen LogP contribution in [0.5, 0.6) is 0 Å². The first-order valence-electron chi connectivity index (χ1n) is 5.36. The molecule has 82 valence electrons. The molecule has 0 aromatic heterocycles. The molecule has 1 heterocycles. The Morgan fingerprint density at radius 1 is 1.25 bits per heavy atom. The van der Waals surface area contributed by atoms with Crippen molar-refractivity contribution in [3.63, 3.8) is 0 Å². The van der Waals surface area contributed by atoms with Gasteiger partial charge in [-0.05, 0) is 30.7 Å². The molecule has 0 saturated carbocycles. The molecule has 1 aliphatic heterocycles. The van der Waals surface area contributed by atoms with E-state index in [1.165, 1.54) is 5.56 Å². The molecule has 1 aliphatic rings. The van der Waals surface area contributed by atoms with E-state index in [2.05, 4.69) is 17.1 Å². The van der Waals surface area contributed by atoms with Gasteiger partial charge in [0.25, 0.3) is 0 Å². The Bertz CT molecular complexity index is 441. The molecular weight excluding hydrogens is 198 g/mol. The third-order valence-electron chi connectivity index (χ3n) is 2.45. The maximum atomic E-state index is 9.96. The summed E-state index contributed by atoms with van der Waals surface area (Å²) in [6.07, 6.45) is 7.76. The highest BCUT2D eigenvalue weighted by molar-refractivity contribution is 5.73. The molecule has 0 fully saturated rings. The zero-order valence-corrected chi connectivity index (χ0v) is 9.30. The third-order valence-corrected chi connectivity index (χ3v) is 2.45. The number of rotatable bonds is 2. The van der Waals surface area contributed by atoms with Crippen LogP contribution < -0.4 is 0 Å². The van der Waals surface area contributed by atoms with Crippen molar-refractivity contribution in [1.29, 1.82) is 0 Å². The molecule has 2 rings (SSSR count). The van der Waals surface area contributed by atoms with Crippen LogP contribution in [0.1, 0.15) is 12.5 Å². The molecule has 0 aliphatic carbocycles. The van der Waals surface area contributed by atoms with Crippen molar-refractivity contribution in [2.75, 3.05) is 0 Å². The quantitative estimate of drug-likeness (QED) is 0.804. The van der Waals surface area contributed by atoms with E-state index in [9.17, 15) is 5.11 Å². The average Bonchev–Trinajstić information content (AvgIpc) is 2.40. The predicted octanol–water partition coefficient (Wildman–Crippen LogP) is 2.50. The van der Waals surface area contributed by atoms with E-state index < -0.39 is 5.60 Å². The molecule has 2 nitrogen and oxygen atoms in total. The Labute approximate surface area is 95.7 Å². The van der Waals surface area contributed by atoms with Gasteiger partial charge in [-0.15, -0.1) is 0 Å². The number of hydrogen-bond acceptors (Lipinski definition) is 2. The Balaban J connectivity index is 2.19. The molecule has 0 spiro atoms. The van der Waals surface area contributed by atoms with Crippen molar-refractivity contribution in [1.82, 2.24) is 0 Å². The molecule has 1 N–H and O–H groups in total. The largest absolute Gasteiger partial charge is 0.382 e. The fraction of sp³-hybridized carbons (Fsp3) is 0.214. The summed E-state index contributed by atoms with van der Waals surface area (Å²) < 4.78 is 0. The number of aliphatic hydroxyl groups is 1. The van der Waals surface area contributed by atoms with Gasteiger partial charge in [-0.3, -0.25) is 4.99 Å². The van der Waals surface area contributed by atoms with E-state index in [0.717, 1.165) is 12.1 Å². The first kappa shape index (κ1) is 10.8. The molecule has 16 heavy (non-hydrogen) atoms. The molecule has 1 aromatic rings. The van der Waals surface area contributed by atoms with Gasteiger partial charge < -0.3 is 5.11 Å². The summed E-state index contributed by atoms with van der Waals surface area (Å²) in [6, 6.07) is 10.1.